The first-order valence-electron chi connectivity index (χ1n) is 8.72. The quantitative estimate of drug-likeness (QED) is 0.799. The predicted octanol–water partition coefficient (Wildman–Crippen LogP) is 3.88. The fourth-order valence-corrected chi connectivity index (χ4v) is 2.78. The van der Waals surface area contributed by atoms with Crippen LogP contribution in [-0.4, -0.2) is 27.0 Å². The lowest BCUT2D eigenvalue weighted by atomic mass is 10.0. The molecule has 1 aromatic heterocycles. The third-order valence-electron chi connectivity index (χ3n) is 4.11. The van der Waals surface area contributed by atoms with Crippen molar-refractivity contribution in [2.24, 2.45) is 7.05 Å². The minimum Gasteiger partial charge on any atom is -0.337 e. The summed E-state index contributed by atoms with van der Waals surface area (Å²) in [5.41, 5.74) is 1.15. The number of hydrogen-bond donors (Lipinski definition) is 1. The Morgan fingerprint density at radius 1 is 1.25 bits per heavy atom. The van der Waals surface area contributed by atoms with Crippen LogP contribution >= 0.6 is 0 Å². The van der Waals surface area contributed by atoms with E-state index in [0.29, 0.717) is 13.1 Å². The fraction of sp³-hybridized carbons (Fsp3) is 0.474. The lowest BCUT2D eigenvalue weighted by Gasteiger charge is -2.26. The molecule has 24 heavy (non-hydrogen) atoms. The van der Waals surface area contributed by atoms with Gasteiger partial charge in [-0.3, -0.25) is 0 Å². The summed E-state index contributed by atoms with van der Waals surface area (Å²) in [5.74, 6) is 0.894. The van der Waals surface area contributed by atoms with Gasteiger partial charge in [-0.25, -0.2) is 9.78 Å². The van der Waals surface area contributed by atoms with Crippen LogP contribution in [0.5, 0.6) is 0 Å². The van der Waals surface area contributed by atoms with Gasteiger partial charge in [0.2, 0.25) is 0 Å². The van der Waals surface area contributed by atoms with E-state index in [-0.39, 0.29) is 12.1 Å². The molecule has 2 aromatic rings. The van der Waals surface area contributed by atoms with Gasteiger partial charge in [0.1, 0.15) is 5.82 Å². The molecule has 0 aliphatic heterocycles. The second-order valence-corrected chi connectivity index (χ2v) is 6.08. The average molecular weight is 328 g/mol. The van der Waals surface area contributed by atoms with Crippen LogP contribution in [0.25, 0.3) is 0 Å². The SMILES string of the molecule is CCCC(NC(=O)N(CCC)Cc1nccn1C)c1ccccc1. The van der Waals surface area contributed by atoms with Crippen molar-refractivity contribution in [3.63, 3.8) is 0 Å². The van der Waals surface area contributed by atoms with E-state index >= 15 is 0 Å². The fourth-order valence-electron chi connectivity index (χ4n) is 2.78. The van der Waals surface area contributed by atoms with Gasteiger partial charge in [-0.05, 0) is 18.4 Å². The van der Waals surface area contributed by atoms with Gasteiger partial charge in [0.15, 0.2) is 0 Å². The van der Waals surface area contributed by atoms with E-state index in [1.54, 1.807) is 6.20 Å². The number of carbonyl (C=O) groups is 1. The molecule has 5 nitrogen and oxygen atoms in total. The third-order valence-corrected chi connectivity index (χ3v) is 4.11. The first kappa shape index (κ1) is 18.0. The van der Waals surface area contributed by atoms with Gasteiger partial charge in [0.25, 0.3) is 0 Å². The number of aryl methyl sites for hydroxylation is 1. The van der Waals surface area contributed by atoms with Gasteiger partial charge >= 0.3 is 6.03 Å². The summed E-state index contributed by atoms with van der Waals surface area (Å²) in [6.45, 7) is 5.46. The maximum atomic E-state index is 12.8. The second kappa shape index (κ2) is 9.11. The molecule has 130 valence electrons. The first-order chi connectivity index (χ1) is 11.7. The molecule has 5 heteroatoms. The average Bonchev–Trinajstić information content (AvgIpc) is 2.99. The van der Waals surface area contributed by atoms with E-state index in [0.717, 1.165) is 30.7 Å². The van der Waals surface area contributed by atoms with Crippen LogP contribution in [-0.2, 0) is 13.6 Å². The molecule has 1 N–H and O–H groups in total. The van der Waals surface area contributed by atoms with Crippen molar-refractivity contribution in [1.82, 2.24) is 19.8 Å². The molecule has 0 saturated heterocycles. The Bertz CT molecular complexity index is 623. The van der Waals surface area contributed by atoms with Gasteiger partial charge in [0.05, 0.1) is 12.6 Å². The number of urea groups is 1. The Labute approximate surface area is 144 Å². The van der Waals surface area contributed by atoms with Crippen molar-refractivity contribution in [2.75, 3.05) is 6.54 Å². The van der Waals surface area contributed by atoms with Crippen LogP contribution in [0.3, 0.4) is 0 Å². The summed E-state index contributed by atoms with van der Waals surface area (Å²) in [7, 11) is 1.95. The summed E-state index contributed by atoms with van der Waals surface area (Å²) in [6.07, 6.45) is 6.54. The summed E-state index contributed by atoms with van der Waals surface area (Å²) >= 11 is 0. The lowest BCUT2D eigenvalue weighted by Crippen LogP contribution is -2.42. The number of hydrogen-bond acceptors (Lipinski definition) is 2. The summed E-state index contributed by atoms with van der Waals surface area (Å²) < 4.78 is 1.96. The molecule has 1 heterocycles. The third kappa shape index (κ3) is 4.85. The molecular weight excluding hydrogens is 300 g/mol. The van der Waals surface area contributed by atoms with Crippen molar-refractivity contribution < 1.29 is 4.79 Å². The predicted molar refractivity (Wildman–Crippen MR) is 96.5 cm³/mol. The van der Waals surface area contributed by atoms with Crippen LogP contribution in [0.4, 0.5) is 4.79 Å². The first-order valence-corrected chi connectivity index (χ1v) is 8.72. The highest BCUT2D eigenvalue weighted by atomic mass is 16.2. The van der Waals surface area contributed by atoms with Crippen LogP contribution in [0.15, 0.2) is 42.7 Å². The highest BCUT2D eigenvalue weighted by molar-refractivity contribution is 5.74. The zero-order valence-electron chi connectivity index (χ0n) is 14.9. The highest BCUT2D eigenvalue weighted by Gasteiger charge is 2.19. The molecule has 2 rings (SSSR count). The van der Waals surface area contributed by atoms with E-state index in [2.05, 4.69) is 36.3 Å². The zero-order chi connectivity index (χ0) is 17.4. The maximum absolute atomic E-state index is 12.8. The monoisotopic (exact) mass is 328 g/mol. The van der Waals surface area contributed by atoms with Crippen LogP contribution < -0.4 is 5.32 Å². The number of nitrogens with zero attached hydrogens (tertiary/aromatic N) is 3. The minimum atomic E-state index is -0.0258. The Balaban J connectivity index is 2.08. The van der Waals surface area contributed by atoms with Gasteiger partial charge in [0, 0.05) is 26.0 Å². The van der Waals surface area contributed by atoms with Crippen molar-refractivity contribution in [2.45, 2.75) is 45.7 Å². The number of benzene rings is 1. The minimum absolute atomic E-state index is 0.0258. The van der Waals surface area contributed by atoms with Crippen molar-refractivity contribution in [3.8, 4) is 0 Å². The largest absolute Gasteiger partial charge is 0.337 e. The van der Waals surface area contributed by atoms with E-state index in [1.807, 2.05) is 40.9 Å². The van der Waals surface area contributed by atoms with Crippen molar-refractivity contribution in [1.29, 1.82) is 0 Å². The van der Waals surface area contributed by atoms with Crippen molar-refractivity contribution >= 4 is 6.03 Å². The Morgan fingerprint density at radius 3 is 2.58 bits per heavy atom. The molecule has 2 amide bonds. The van der Waals surface area contributed by atoms with Crippen molar-refractivity contribution in [3.05, 3.63) is 54.1 Å². The highest BCUT2D eigenvalue weighted by Crippen LogP contribution is 2.18. The molecular formula is C19H28N4O. The molecule has 0 aliphatic carbocycles. The van der Waals surface area contributed by atoms with Crippen LogP contribution in [0, 0.1) is 0 Å². The van der Waals surface area contributed by atoms with Crippen LogP contribution in [0.1, 0.15) is 50.5 Å². The van der Waals surface area contributed by atoms with E-state index in [4.69, 9.17) is 0 Å². The molecule has 0 aliphatic rings. The normalized spacial score (nSPS) is 12.0. The Hall–Kier alpha value is -2.30. The molecule has 1 atom stereocenters. The van der Waals surface area contributed by atoms with Gasteiger partial charge in [-0.2, -0.15) is 0 Å². The lowest BCUT2D eigenvalue weighted by molar-refractivity contribution is 0.188. The molecule has 0 radical (unpaired) electrons. The number of carbonyl (C=O) groups excluding carboxylic acids is 1. The molecule has 1 unspecified atom stereocenters. The van der Waals surface area contributed by atoms with E-state index < -0.39 is 0 Å². The number of rotatable bonds is 8. The maximum Gasteiger partial charge on any atom is 0.318 e. The second-order valence-electron chi connectivity index (χ2n) is 6.08. The summed E-state index contributed by atoms with van der Waals surface area (Å²) in [4.78, 5) is 19.0. The molecule has 0 spiro atoms. The van der Waals surface area contributed by atoms with Gasteiger partial charge in [-0.15, -0.1) is 0 Å². The van der Waals surface area contributed by atoms with Crippen LogP contribution in [0.2, 0.25) is 0 Å². The van der Waals surface area contributed by atoms with E-state index in [1.165, 1.54) is 0 Å². The molecule has 0 fully saturated rings. The Kier molecular flexibility index (Phi) is 6.85. The Morgan fingerprint density at radius 2 is 2.00 bits per heavy atom. The van der Waals surface area contributed by atoms with Gasteiger partial charge < -0.3 is 14.8 Å². The van der Waals surface area contributed by atoms with E-state index in [9.17, 15) is 4.79 Å². The zero-order valence-corrected chi connectivity index (χ0v) is 14.9. The number of imidazole rings is 1. The number of aromatic nitrogens is 2. The summed E-state index contributed by atoms with van der Waals surface area (Å²) in [5, 5.41) is 3.20. The number of nitrogens with one attached hydrogen (secondary N) is 1. The standard InChI is InChI=1S/C19H28N4O/c1-4-9-17(16-10-7-6-8-11-16)21-19(24)23(13-5-2)15-18-20-12-14-22(18)3/h6-8,10-12,14,17H,4-5,9,13,15H2,1-3H3,(H,21,24). The molecule has 0 saturated carbocycles. The number of amides is 2. The molecule has 1 aromatic carbocycles. The topological polar surface area (TPSA) is 50.2 Å². The summed E-state index contributed by atoms with van der Waals surface area (Å²) in [6, 6.07) is 10.2. The smallest absolute Gasteiger partial charge is 0.318 e. The van der Waals surface area contributed by atoms with Gasteiger partial charge in [-0.1, -0.05) is 50.6 Å². The molecule has 0 bridgehead atoms.